The molecule has 0 aliphatic carbocycles. The number of hydrogen-bond donors (Lipinski definition) is 2. The lowest BCUT2D eigenvalue weighted by molar-refractivity contribution is -0.142. The van der Waals surface area contributed by atoms with Gasteiger partial charge in [-0.25, -0.2) is 19.2 Å². The van der Waals surface area contributed by atoms with Crippen molar-refractivity contribution in [2.24, 2.45) is 0 Å². The fraction of sp³-hybridized carbons (Fsp3) is 0.444. The molecule has 16 heavy (non-hydrogen) atoms. The maximum atomic E-state index is 12.6. The summed E-state index contributed by atoms with van der Waals surface area (Å²) in [7, 11) is 0. The topological polar surface area (TPSA) is 84.3 Å². The number of ether oxygens (including phenoxy) is 1. The standard InChI is InChI=1S/C9H10FN3O3/c10-6-3-11-8(12-4-6)13-9(7(14)15)1-2-16-5-9/h3-4H,1-2,5H2,(H,14,15)(H,11,12,13). The third-order valence-electron chi connectivity index (χ3n) is 2.40. The second-order valence-corrected chi connectivity index (χ2v) is 3.54. The Hall–Kier alpha value is -1.76. The first-order valence-electron chi connectivity index (χ1n) is 4.69. The van der Waals surface area contributed by atoms with Crippen molar-refractivity contribution in [3.8, 4) is 0 Å². The highest BCUT2D eigenvalue weighted by atomic mass is 19.1. The highest BCUT2D eigenvalue weighted by Gasteiger charge is 2.43. The molecule has 1 aliphatic rings. The molecule has 0 aromatic carbocycles. The van der Waals surface area contributed by atoms with E-state index in [-0.39, 0.29) is 12.6 Å². The zero-order valence-corrected chi connectivity index (χ0v) is 8.31. The molecule has 2 rings (SSSR count). The van der Waals surface area contributed by atoms with Crippen LogP contribution < -0.4 is 5.32 Å². The molecule has 2 N–H and O–H groups in total. The van der Waals surface area contributed by atoms with Crippen LogP contribution in [0.15, 0.2) is 12.4 Å². The summed E-state index contributed by atoms with van der Waals surface area (Å²) in [5, 5.41) is 11.8. The van der Waals surface area contributed by atoms with E-state index < -0.39 is 17.3 Å². The monoisotopic (exact) mass is 227 g/mol. The molecule has 0 bridgehead atoms. The van der Waals surface area contributed by atoms with Gasteiger partial charge in [0, 0.05) is 13.0 Å². The number of carboxylic acid groups (broad SMARTS) is 1. The molecule has 1 unspecified atom stereocenters. The summed E-state index contributed by atoms with van der Waals surface area (Å²) in [5.74, 6) is -1.52. The highest BCUT2D eigenvalue weighted by Crippen LogP contribution is 2.22. The lowest BCUT2D eigenvalue weighted by Crippen LogP contribution is -2.47. The molecular formula is C9H10FN3O3. The molecule has 2 heterocycles. The van der Waals surface area contributed by atoms with Crippen molar-refractivity contribution in [1.82, 2.24) is 9.97 Å². The Morgan fingerprint density at radius 3 is 2.75 bits per heavy atom. The normalized spacial score (nSPS) is 24.3. The third-order valence-corrected chi connectivity index (χ3v) is 2.40. The minimum absolute atomic E-state index is 0.0447. The van der Waals surface area contributed by atoms with Crippen LogP contribution in [0.3, 0.4) is 0 Å². The van der Waals surface area contributed by atoms with Crippen LogP contribution >= 0.6 is 0 Å². The Morgan fingerprint density at radius 1 is 1.56 bits per heavy atom. The van der Waals surface area contributed by atoms with E-state index in [0.29, 0.717) is 13.0 Å². The highest BCUT2D eigenvalue weighted by molar-refractivity contribution is 5.82. The van der Waals surface area contributed by atoms with Crippen molar-refractivity contribution in [1.29, 1.82) is 0 Å². The SMILES string of the molecule is O=C(O)C1(Nc2ncc(F)cn2)CCOC1. The molecule has 6 nitrogen and oxygen atoms in total. The summed E-state index contributed by atoms with van der Waals surface area (Å²) in [4.78, 5) is 18.4. The van der Waals surface area contributed by atoms with E-state index in [0.717, 1.165) is 12.4 Å². The van der Waals surface area contributed by atoms with Crippen LogP contribution in [-0.2, 0) is 9.53 Å². The summed E-state index contributed by atoms with van der Waals surface area (Å²) in [6.45, 7) is 0.406. The minimum atomic E-state index is -1.21. The fourth-order valence-electron chi connectivity index (χ4n) is 1.48. The molecule has 1 aromatic rings. The molecular weight excluding hydrogens is 217 g/mol. The number of anilines is 1. The van der Waals surface area contributed by atoms with Crippen molar-refractivity contribution < 1.29 is 19.0 Å². The molecule has 0 spiro atoms. The van der Waals surface area contributed by atoms with Crippen LogP contribution in [0.25, 0.3) is 0 Å². The summed E-state index contributed by atoms with van der Waals surface area (Å²) < 4.78 is 17.6. The molecule has 1 aromatic heterocycles. The number of aromatic nitrogens is 2. The fourth-order valence-corrected chi connectivity index (χ4v) is 1.48. The first-order valence-corrected chi connectivity index (χ1v) is 4.69. The van der Waals surface area contributed by atoms with Crippen molar-refractivity contribution in [3.63, 3.8) is 0 Å². The summed E-state index contributed by atoms with van der Waals surface area (Å²) in [6, 6.07) is 0. The smallest absolute Gasteiger partial charge is 0.331 e. The van der Waals surface area contributed by atoms with E-state index in [4.69, 9.17) is 9.84 Å². The Morgan fingerprint density at radius 2 is 2.25 bits per heavy atom. The largest absolute Gasteiger partial charge is 0.479 e. The number of nitrogens with one attached hydrogen (secondary N) is 1. The Labute approximate surface area is 90.5 Å². The van der Waals surface area contributed by atoms with Gasteiger partial charge in [0.15, 0.2) is 11.4 Å². The second-order valence-electron chi connectivity index (χ2n) is 3.54. The summed E-state index contributed by atoms with van der Waals surface area (Å²) in [5.41, 5.74) is -1.21. The van der Waals surface area contributed by atoms with E-state index in [1.807, 2.05) is 0 Å². The predicted octanol–water partition coefficient (Wildman–Crippen LogP) is 0.271. The van der Waals surface area contributed by atoms with E-state index in [1.165, 1.54) is 0 Å². The van der Waals surface area contributed by atoms with E-state index in [1.54, 1.807) is 0 Å². The van der Waals surface area contributed by atoms with Crippen molar-refractivity contribution in [2.45, 2.75) is 12.0 Å². The molecule has 0 amide bonds. The number of carboxylic acids is 1. The molecule has 1 atom stereocenters. The van der Waals surface area contributed by atoms with Gasteiger partial charge < -0.3 is 15.2 Å². The number of halogens is 1. The first-order chi connectivity index (χ1) is 7.62. The minimum Gasteiger partial charge on any atom is -0.479 e. The van der Waals surface area contributed by atoms with Gasteiger partial charge in [0.05, 0.1) is 19.0 Å². The first kappa shape index (κ1) is 10.7. The number of carbonyl (C=O) groups is 1. The van der Waals surface area contributed by atoms with Crippen LogP contribution in [0.1, 0.15) is 6.42 Å². The van der Waals surface area contributed by atoms with Gasteiger partial charge in [-0.2, -0.15) is 0 Å². The van der Waals surface area contributed by atoms with Gasteiger partial charge in [0.2, 0.25) is 5.95 Å². The summed E-state index contributed by atoms with van der Waals surface area (Å²) >= 11 is 0. The predicted molar refractivity (Wildman–Crippen MR) is 51.4 cm³/mol. The zero-order valence-electron chi connectivity index (χ0n) is 8.31. The van der Waals surface area contributed by atoms with Crippen molar-refractivity contribution in [2.75, 3.05) is 18.5 Å². The third kappa shape index (κ3) is 1.94. The Balaban J connectivity index is 2.18. The van der Waals surface area contributed by atoms with Gasteiger partial charge in [-0.15, -0.1) is 0 Å². The lowest BCUT2D eigenvalue weighted by atomic mass is 9.99. The molecule has 0 radical (unpaired) electrons. The van der Waals surface area contributed by atoms with E-state index >= 15 is 0 Å². The molecule has 1 aliphatic heterocycles. The van der Waals surface area contributed by atoms with Gasteiger partial charge in [-0.1, -0.05) is 0 Å². The maximum absolute atomic E-state index is 12.6. The average Bonchev–Trinajstić information content (AvgIpc) is 2.71. The van der Waals surface area contributed by atoms with Crippen molar-refractivity contribution >= 4 is 11.9 Å². The Bertz CT molecular complexity index is 389. The average molecular weight is 227 g/mol. The van der Waals surface area contributed by atoms with Crippen molar-refractivity contribution in [3.05, 3.63) is 18.2 Å². The number of aliphatic carboxylic acids is 1. The molecule has 1 saturated heterocycles. The number of nitrogens with zero attached hydrogens (tertiary/aromatic N) is 2. The Kier molecular flexibility index (Phi) is 2.69. The van der Waals surface area contributed by atoms with Gasteiger partial charge in [-0.3, -0.25) is 0 Å². The second kappa shape index (κ2) is 4.01. The van der Waals surface area contributed by atoms with Crippen LogP contribution in [0.5, 0.6) is 0 Å². The maximum Gasteiger partial charge on any atom is 0.331 e. The van der Waals surface area contributed by atoms with Crippen LogP contribution in [0.4, 0.5) is 10.3 Å². The van der Waals surface area contributed by atoms with Crippen LogP contribution in [-0.4, -0.2) is 39.8 Å². The molecule has 1 fully saturated rings. The number of rotatable bonds is 3. The van der Waals surface area contributed by atoms with Gasteiger partial charge in [0.1, 0.15) is 0 Å². The number of hydrogen-bond acceptors (Lipinski definition) is 5. The van der Waals surface area contributed by atoms with Crippen LogP contribution in [0.2, 0.25) is 0 Å². The molecule has 7 heteroatoms. The quantitative estimate of drug-likeness (QED) is 0.771. The van der Waals surface area contributed by atoms with Gasteiger partial charge in [-0.05, 0) is 0 Å². The molecule has 86 valence electrons. The lowest BCUT2D eigenvalue weighted by Gasteiger charge is -2.23. The van der Waals surface area contributed by atoms with Crippen LogP contribution in [0, 0.1) is 5.82 Å². The van der Waals surface area contributed by atoms with E-state index in [2.05, 4.69) is 15.3 Å². The molecule has 0 saturated carbocycles. The van der Waals surface area contributed by atoms with Gasteiger partial charge in [0.25, 0.3) is 0 Å². The summed E-state index contributed by atoms with van der Waals surface area (Å²) in [6.07, 6.45) is 2.27. The zero-order chi connectivity index (χ0) is 11.6. The van der Waals surface area contributed by atoms with Gasteiger partial charge >= 0.3 is 5.97 Å². The van der Waals surface area contributed by atoms with E-state index in [9.17, 15) is 9.18 Å².